The summed E-state index contributed by atoms with van der Waals surface area (Å²) in [6, 6.07) is 54.3. The fraction of sp³-hybridized carbons (Fsp3) is 0.451. The minimum absolute atomic E-state index is 0. The van der Waals surface area contributed by atoms with E-state index >= 15 is 0 Å². The lowest BCUT2D eigenvalue weighted by Crippen LogP contribution is -2.31. The molecule has 16 heteroatoms. The van der Waals surface area contributed by atoms with Crippen molar-refractivity contribution in [2.45, 2.75) is 169 Å². The van der Waals surface area contributed by atoms with Crippen LogP contribution >= 0.6 is 11.6 Å². The maximum absolute atomic E-state index is 9.85. The van der Waals surface area contributed by atoms with Crippen molar-refractivity contribution in [2.75, 3.05) is 138 Å². The van der Waals surface area contributed by atoms with E-state index in [1.54, 1.807) is 52.7 Å². The third-order valence-electron chi connectivity index (χ3n) is 19.9. The Morgan fingerprint density at radius 1 is 0.297 bits per heavy atom. The monoisotopic (exact) mass is 1630 g/mol. The van der Waals surface area contributed by atoms with Crippen LogP contribution in [-0.4, -0.2) is 234 Å². The fourth-order valence-electron chi connectivity index (χ4n) is 11.4. The Morgan fingerprint density at radius 2 is 0.475 bits per heavy atom. The van der Waals surface area contributed by atoms with Crippen molar-refractivity contribution in [3.63, 3.8) is 0 Å². The average Bonchev–Trinajstić information content (AvgIpc) is 0.860. The van der Waals surface area contributed by atoms with Crippen molar-refractivity contribution in [1.29, 1.82) is 0 Å². The smallest absolute Gasteiger partial charge is 0.120 e. The number of hydrogen-bond acceptors (Lipinski definition) is 15. The van der Waals surface area contributed by atoms with E-state index in [0.717, 1.165) is 91.2 Å². The molecule has 0 heterocycles. The van der Waals surface area contributed by atoms with Gasteiger partial charge in [0.1, 0.15) is 40.2 Å². The van der Waals surface area contributed by atoms with Crippen LogP contribution in [0.1, 0.15) is 120 Å². The van der Waals surface area contributed by atoms with E-state index in [2.05, 4.69) is 179 Å². The van der Waals surface area contributed by atoms with Gasteiger partial charge < -0.3 is 39.2 Å². The Bertz CT molecular complexity index is 3790. The minimum atomic E-state index is 0. The molecule has 7 atom stereocenters. The summed E-state index contributed by atoms with van der Waals surface area (Å²) in [6.45, 7) is 24.6. The Hall–Kier alpha value is -9.97. The highest BCUT2D eigenvalue weighted by atomic mass is 35.5. The quantitative estimate of drug-likeness (QED) is 0.0258. The number of methoxy groups -OCH3 is 4. The van der Waals surface area contributed by atoms with Crippen molar-refractivity contribution in [2.24, 2.45) is 0 Å². The number of phenols is 3. The molecule has 7 aromatic carbocycles. The lowest BCUT2D eigenvalue weighted by atomic mass is 10.0. The lowest BCUT2D eigenvalue weighted by molar-refractivity contribution is 0.287. The summed E-state index contributed by atoms with van der Waals surface area (Å²) in [5.74, 6) is 23.4. The number of aromatic hydroxyl groups is 3. The molecule has 0 saturated heterocycles. The number of alkyl halides is 1. The number of hydrogen-bond donors (Lipinski definition) is 3. The molecular weight excluding hydrogens is 1480 g/mol. The van der Waals surface area contributed by atoms with Crippen LogP contribution in [0.2, 0.25) is 0 Å². The first-order chi connectivity index (χ1) is 55.8. The summed E-state index contributed by atoms with van der Waals surface area (Å²) < 4.78 is 20.5. The topological polar surface area (TPSA) is 124 Å². The average molecular weight is 1630 g/mol. The fourth-order valence-corrected chi connectivity index (χ4v) is 11.6. The number of benzene rings is 7. The Labute approximate surface area is 722 Å². The first-order valence-corrected chi connectivity index (χ1v) is 40.4. The number of rotatable bonds is 35. The third kappa shape index (κ3) is 47.4. The molecule has 0 amide bonds. The van der Waals surface area contributed by atoms with Crippen molar-refractivity contribution < 1.29 is 34.3 Å². The van der Waals surface area contributed by atoms with E-state index in [9.17, 15) is 10.2 Å². The van der Waals surface area contributed by atoms with Crippen LogP contribution in [0.3, 0.4) is 0 Å². The molecule has 0 aliphatic carbocycles. The zero-order valence-corrected chi connectivity index (χ0v) is 75.6. The van der Waals surface area contributed by atoms with Crippen molar-refractivity contribution >= 4 is 11.6 Å². The van der Waals surface area contributed by atoms with Gasteiger partial charge in [0.15, 0.2) is 0 Å². The minimum Gasteiger partial charge on any atom is -0.508 e. The van der Waals surface area contributed by atoms with Crippen molar-refractivity contribution in [3.8, 4) is 127 Å². The van der Waals surface area contributed by atoms with Gasteiger partial charge in [0.2, 0.25) is 0 Å². The van der Waals surface area contributed by atoms with Crippen LogP contribution in [0.15, 0.2) is 158 Å². The second-order valence-corrected chi connectivity index (χ2v) is 29.8. The van der Waals surface area contributed by atoms with Gasteiger partial charge in [-0.2, -0.15) is 0 Å². The van der Waals surface area contributed by atoms with Gasteiger partial charge in [-0.25, -0.2) is 0 Å². The number of halogens is 1. The third-order valence-corrected chi connectivity index (χ3v) is 20.1. The highest BCUT2D eigenvalue weighted by molar-refractivity contribution is 6.17. The highest BCUT2D eigenvalue weighted by Crippen LogP contribution is 2.25. The molecular formula is C102H145ClN8O7. The summed E-state index contributed by atoms with van der Waals surface area (Å²) in [5.41, 5.74) is 10.6. The molecule has 7 aromatic rings. The molecule has 0 radical (unpaired) electrons. The molecule has 0 fully saturated rings. The Morgan fingerprint density at radius 3 is 0.661 bits per heavy atom. The standard InChI is InChI=1S/C16H24N2O.C14H18ClNO.4C14H19NO.C13H17NO.C2H6.CH4/c1-6-9-18(5)13(2)10-14-7-8-16(19)15(11-14)12-17(3)4;1-4-7-16(3)11(2)8-12-5-6-14(17)13(9-12)10-15;4*1-5-10-15(3)12(2)11-13-6-8-14(16-4)9-7-13;1-4-9-14(3)11(2)10-12-5-7-13(15)8-6-12;1-2;/h1,7-8,11,13,19H,9-10,12H2,2-5H3;1,5-6,9,11,17H,7-8,10H2,2-3H3;4*1,6-9,12H,10-11H2,2-4H3;1,5-8,11,15H,9-10H2,2-3H3;1-2H3;1H4. The maximum Gasteiger partial charge on any atom is 0.120 e. The van der Waals surface area contributed by atoms with Crippen molar-refractivity contribution in [3.05, 3.63) is 208 Å². The molecule has 0 bridgehead atoms. The summed E-state index contributed by atoms with van der Waals surface area (Å²) >= 11 is 5.76. The maximum atomic E-state index is 9.85. The Kier molecular flexibility index (Phi) is 60.7. The number of phenolic OH excluding ortho intramolecular Hbond substituents is 3. The van der Waals surface area contributed by atoms with Gasteiger partial charge in [0.25, 0.3) is 0 Å². The van der Waals surface area contributed by atoms with Crippen LogP contribution in [0.25, 0.3) is 0 Å². The van der Waals surface area contributed by atoms with Crippen LogP contribution < -0.4 is 18.9 Å². The van der Waals surface area contributed by atoms with Gasteiger partial charge >= 0.3 is 0 Å². The first kappa shape index (κ1) is 110. The predicted molar refractivity (Wildman–Crippen MR) is 504 cm³/mol. The Balaban J connectivity index is 0. The molecule has 0 aromatic heterocycles. The largest absolute Gasteiger partial charge is 0.508 e. The predicted octanol–water partition coefficient (Wildman–Crippen LogP) is 16.9. The van der Waals surface area contributed by atoms with Gasteiger partial charge in [0, 0.05) is 60.0 Å². The van der Waals surface area contributed by atoms with Gasteiger partial charge in [-0.15, -0.1) is 56.6 Å². The van der Waals surface area contributed by atoms with E-state index in [4.69, 9.17) is 80.6 Å². The molecule has 15 nitrogen and oxygen atoms in total. The SMILES string of the molecule is C.C#CCN(C)C(C)Cc1ccc(O)c(CCl)c1.C#CCN(C)C(C)Cc1ccc(O)c(CN(C)C)c1.C#CCN(C)C(C)Cc1ccc(O)cc1.C#CCN(C)C(C)Cc1ccc(OC)cc1.C#CCN(C)C(C)Cc1ccc(OC)cc1.C#CCN(C)C(C)Cc1ccc(OC)cc1.C#CCN(C)C(C)Cc1ccc(OC)cc1.CC. The lowest BCUT2D eigenvalue weighted by Gasteiger charge is -2.23. The normalized spacial score (nSPS) is 12.1. The van der Waals surface area contributed by atoms with E-state index in [0.29, 0.717) is 105 Å². The highest BCUT2D eigenvalue weighted by Gasteiger charge is 2.16. The van der Waals surface area contributed by atoms with E-state index in [-0.39, 0.29) is 13.2 Å². The van der Waals surface area contributed by atoms with E-state index in [1.807, 2.05) is 161 Å². The summed E-state index contributed by atoms with van der Waals surface area (Å²) in [5, 5.41) is 28.5. The number of terminal acetylenes is 7. The molecule has 118 heavy (non-hydrogen) atoms. The van der Waals surface area contributed by atoms with Gasteiger partial charge in [-0.3, -0.25) is 34.3 Å². The van der Waals surface area contributed by atoms with E-state index < -0.39 is 0 Å². The summed E-state index contributed by atoms with van der Waals surface area (Å²) in [4.78, 5) is 17.1. The molecule has 0 aliphatic heterocycles. The molecule has 0 saturated carbocycles. The molecule has 3 N–H and O–H groups in total. The number of likely N-dealkylation sites (N-methyl/N-ethyl adjacent to an activating group) is 7. The van der Waals surface area contributed by atoms with Gasteiger partial charge in [0.05, 0.1) is 80.1 Å². The molecule has 7 unspecified atom stereocenters. The van der Waals surface area contributed by atoms with Crippen LogP contribution in [-0.2, 0) is 57.4 Å². The number of nitrogens with zero attached hydrogens (tertiary/aromatic N) is 8. The molecule has 0 spiro atoms. The molecule has 0 aliphatic rings. The van der Waals surface area contributed by atoms with Gasteiger partial charge in [-0.1, -0.05) is 148 Å². The number of ether oxygens (including phenoxy) is 4. The first-order valence-electron chi connectivity index (χ1n) is 39.9. The zero-order chi connectivity index (χ0) is 88.4. The summed E-state index contributed by atoms with van der Waals surface area (Å²) in [6.07, 6.45) is 43.8. The van der Waals surface area contributed by atoms with Crippen molar-refractivity contribution in [1.82, 2.24) is 39.2 Å². The van der Waals surface area contributed by atoms with Crippen LogP contribution in [0, 0.1) is 86.4 Å². The van der Waals surface area contributed by atoms with E-state index in [1.165, 1.54) is 33.4 Å². The second-order valence-electron chi connectivity index (χ2n) is 29.6. The van der Waals surface area contributed by atoms with Crippen LogP contribution in [0.4, 0.5) is 0 Å². The molecule has 7 rings (SSSR count). The molecule has 642 valence electrons. The van der Waals surface area contributed by atoms with Gasteiger partial charge in [-0.05, 0) is 269 Å². The summed E-state index contributed by atoms with van der Waals surface area (Å²) in [7, 11) is 25.0. The zero-order valence-electron chi connectivity index (χ0n) is 74.8. The second kappa shape index (κ2) is 65.0. The van der Waals surface area contributed by atoms with Crippen LogP contribution in [0.5, 0.6) is 40.2 Å².